The summed E-state index contributed by atoms with van der Waals surface area (Å²) in [5, 5.41) is 4.28. The van der Waals surface area contributed by atoms with Gasteiger partial charge in [0, 0.05) is 0 Å². The summed E-state index contributed by atoms with van der Waals surface area (Å²) in [6, 6.07) is 1.60. The van der Waals surface area contributed by atoms with E-state index in [1.54, 1.807) is 18.4 Å². The van der Waals surface area contributed by atoms with Gasteiger partial charge in [-0.2, -0.15) is 0 Å². The van der Waals surface area contributed by atoms with Gasteiger partial charge in [0.2, 0.25) is 5.52 Å². The number of hydrogen-bond donors (Lipinski definition) is 5. The van der Waals surface area contributed by atoms with E-state index in [4.69, 9.17) is 19.6 Å². The molecule has 5 N–H and O–H groups in total. The molecule has 0 atom stereocenters. The summed E-state index contributed by atoms with van der Waals surface area (Å²) >= 11 is 1.28. The van der Waals surface area contributed by atoms with Gasteiger partial charge < -0.3 is 24.9 Å². The zero-order valence-electron chi connectivity index (χ0n) is 10.0. The Labute approximate surface area is 117 Å². The molecule has 0 fully saturated rings. The third-order valence-electron chi connectivity index (χ3n) is 2.34. The minimum absolute atomic E-state index is 0.0228. The summed E-state index contributed by atoms with van der Waals surface area (Å²) in [5.41, 5.74) is -2.34. The fourth-order valence-electron chi connectivity index (χ4n) is 1.56. The molecule has 2 rings (SSSR count). The van der Waals surface area contributed by atoms with Gasteiger partial charge in [0.25, 0.3) is 0 Å². The van der Waals surface area contributed by atoms with Crippen LogP contribution in [0.1, 0.15) is 5.82 Å². The number of aromatic nitrogens is 2. The average molecular weight is 339 g/mol. The van der Waals surface area contributed by atoms with E-state index < -0.39 is 20.7 Å². The van der Waals surface area contributed by atoms with Crippen LogP contribution >= 0.6 is 26.5 Å². The smallest absolute Gasteiger partial charge is 0.346 e. The first kappa shape index (κ1) is 15.5. The Morgan fingerprint density at radius 1 is 1.20 bits per heavy atom. The van der Waals surface area contributed by atoms with E-state index in [1.165, 1.54) is 11.3 Å². The lowest BCUT2D eigenvalue weighted by Crippen LogP contribution is -2.21. The molecule has 0 aliphatic rings. The monoisotopic (exact) mass is 339 g/mol. The summed E-state index contributed by atoms with van der Waals surface area (Å²) in [7, 11) is -10.1. The summed E-state index contributed by atoms with van der Waals surface area (Å²) in [6.07, 6.45) is 0. The Hall–Kier alpha value is -0.860. The molecular formula is C8H11N3O6P2S. The van der Waals surface area contributed by atoms with Crippen molar-refractivity contribution in [2.45, 2.75) is 12.4 Å². The van der Waals surface area contributed by atoms with Crippen molar-refractivity contribution in [3.05, 3.63) is 17.3 Å². The van der Waals surface area contributed by atoms with Crippen LogP contribution < -0.4 is 5.32 Å². The topological polar surface area (TPSA) is 153 Å². The molecule has 0 amide bonds. The molecule has 0 aliphatic heterocycles. The number of aryl methyl sites for hydroxylation is 1. The van der Waals surface area contributed by atoms with E-state index >= 15 is 0 Å². The molecule has 0 spiro atoms. The van der Waals surface area contributed by atoms with Gasteiger partial charge in [0.05, 0.1) is 5.39 Å². The van der Waals surface area contributed by atoms with Crippen LogP contribution in [0.3, 0.4) is 0 Å². The molecule has 12 heteroatoms. The lowest BCUT2D eigenvalue weighted by atomic mass is 10.4. The highest BCUT2D eigenvalue weighted by Crippen LogP contribution is 2.59. The highest BCUT2D eigenvalue weighted by atomic mass is 32.1. The Morgan fingerprint density at radius 3 is 2.35 bits per heavy atom. The SMILES string of the molecule is Cc1nc(NC(P(=O)(O)O)P(=O)(O)O)c2ccsc2n1. The van der Waals surface area contributed by atoms with Gasteiger partial charge in [0.1, 0.15) is 16.5 Å². The molecule has 0 saturated carbocycles. The number of rotatable bonds is 4. The van der Waals surface area contributed by atoms with Crippen LogP contribution in [-0.2, 0) is 9.13 Å². The zero-order valence-corrected chi connectivity index (χ0v) is 12.6. The maximum atomic E-state index is 11.2. The molecule has 0 radical (unpaired) electrons. The molecular weight excluding hydrogens is 328 g/mol. The third-order valence-corrected chi connectivity index (χ3v) is 6.48. The van der Waals surface area contributed by atoms with Crippen LogP contribution in [0.5, 0.6) is 0 Å². The Bertz CT molecular complexity index is 715. The summed E-state index contributed by atoms with van der Waals surface area (Å²) < 4.78 is 22.5. The first-order valence-corrected chi connectivity index (χ1v) is 9.42. The number of thiophene rings is 1. The third kappa shape index (κ3) is 3.24. The Morgan fingerprint density at radius 2 is 1.80 bits per heavy atom. The van der Waals surface area contributed by atoms with Crippen molar-refractivity contribution in [1.82, 2.24) is 9.97 Å². The summed E-state index contributed by atoms with van der Waals surface area (Å²) in [5.74, 6) is 0.294. The quantitative estimate of drug-likeness (QED) is 0.514. The van der Waals surface area contributed by atoms with E-state index in [0.29, 0.717) is 16.0 Å². The van der Waals surface area contributed by atoms with Gasteiger partial charge >= 0.3 is 15.2 Å². The highest BCUT2D eigenvalue weighted by molar-refractivity contribution is 7.71. The molecule has 0 aromatic carbocycles. The minimum Gasteiger partial charge on any atom is -0.346 e. The number of fused-ring (bicyclic) bond motifs is 1. The summed E-state index contributed by atoms with van der Waals surface area (Å²) in [6.45, 7) is 1.56. The van der Waals surface area contributed by atoms with E-state index in [0.717, 1.165) is 0 Å². The predicted octanol–water partition coefficient (Wildman–Crippen LogP) is 1.05. The van der Waals surface area contributed by atoms with Crippen molar-refractivity contribution in [2.24, 2.45) is 0 Å². The molecule has 0 unspecified atom stereocenters. The zero-order chi connectivity index (χ0) is 15.1. The second kappa shape index (κ2) is 5.16. The van der Waals surface area contributed by atoms with E-state index in [-0.39, 0.29) is 5.82 Å². The van der Waals surface area contributed by atoms with Crippen molar-refractivity contribution in [1.29, 1.82) is 0 Å². The lowest BCUT2D eigenvalue weighted by Gasteiger charge is -2.21. The second-order valence-electron chi connectivity index (χ2n) is 3.96. The molecule has 2 heterocycles. The second-order valence-corrected chi connectivity index (χ2v) is 8.65. The molecule has 0 saturated heterocycles. The van der Waals surface area contributed by atoms with Crippen LogP contribution in [0.15, 0.2) is 11.4 Å². The summed E-state index contributed by atoms with van der Waals surface area (Å²) in [4.78, 5) is 44.9. The molecule has 20 heavy (non-hydrogen) atoms. The Kier molecular flexibility index (Phi) is 4.01. The average Bonchev–Trinajstić information content (AvgIpc) is 2.69. The molecule has 9 nitrogen and oxygen atoms in total. The fourth-order valence-corrected chi connectivity index (χ4v) is 4.52. The van der Waals surface area contributed by atoms with Crippen LogP contribution in [0.4, 0.5) is 5.82 Å². The van der Waals surface area contributed by atoms with Gasteiger partial charge in [-0.1, -0.05) is 0 Å². The van der Waals surface area contributed by atoms with E-state index in [2.05, 4.69) is 15.3 Å². The van der Waals surface area contributed by atoms with Gasteiger partial charge in [-0.05, 0) is 18.4 Å². The first-order chi connectivity index (χ1) is 9.09. The standard InChI is InChI=1S/C8H11N3O6P2S/c1-4-9-6(5-2-3-20-7(5)10-4)11-8(18(12,13)14)19(15,16)17/h2-3,8H,1H3,(H,9,10,11)(H2,12,13,14)(H2,15,16,17). The minimum atomic E-state index is -5.07. The van der Waals surface area contributed by atoms with Crippen LogP contribution in [0.25, 0.3) is 10.2 Å². The number of hydrogen-bond acceptors (Lipinski definition) is 6. The highest BCUT2D eigenvalue weighted by Gasteiger charge is 2.44. The van der Waals surface area contributed by atoms with E-state index in [9.17, 15) is 9.13 Å². The number of nitrogens with one attached hydrogen (secondary N) is 1. The van der Waals surface area contributed by atoms with Crippen molar-refractivity contribution < 1.29 is 28.7 Å². The van der Waals surface area contributed by atoms with Crippen LogP contribution in [0.2, 0.25) is 0 Å². The van der Waals surface area contributed by atoms with Crippen molar-refractivity contribution in [3.63, 3.8) is 0 Å². The van der Waals surface area contributed by atoms with Crippen LogP contribution in [-0.4, -0.2) is 35.1 Å². The van der Waals surface area contributed by atoms with Crippen molar-refractivity contribution >= 4 is 42.6 Å². The van der Waals surface area contributed by atoms with Gasteiger partial charge in [-0.3, -0.25) is 9.13 Å². The van der Waals surface area contributed by atoms with Crippen molar-refractivity contribution in [3.8, 4) is 0 Å². The maximum absolute atomic E-state index is 11.2. The molecule has 2 aromatic heterocycles. The fraction of sp³-hybridized carbons (Fsp3) is 0.250. The molecule has 2 aromatic rings. The normalized spacial score (nSPS) is 13.1. The van der Waals surface area contributed by atoms with E-state index in [1.807, 2.05) is 0 Å². The molecule has 110 valence electrons. The van der Waals surface area contributed by atoms with Gasteiger partial charge in [0.15, 0.2) is 0 Å². The van der Waals surface area contributed by atoms with Gasteiger partial charge in [-0.25, -0.2) is 9.97 Å². The largest absolute Gasteiger partial charge is 0.360 e. The maximum Gasteiger partial charge on any atom is 0.360 e. The molecule has 0 aliphatic carbocycles. The van der Waals surface area contributed by atoms with Crippen LogP contribution in [0, 0.1) is 6.92 Å². The first-order valence-electron chi connectivity index (χ1n) is 5.18. The number of nitrogens with zero attached hydrogens (tertiary/aromatic N) is 2. The Balaban J connectivity index is 2.52. The van der Waals surface area contributed by atoms with Gasteiger partial charge in [-0.15, -0.1) is 11.3 Å². The van der Waals surface area contributed by atoms with Crippen molar-refractivity contribution in [2.75, 3.05) is 5.32 Å². The number of anilines is 1. The predicted molar refractivity (Wildman–Crippen MR) is 73.7 cm³/mol. The lowest BCUT2D eigenvalue weighted by molar-refractivity contribution is 0.343. The molecule has 0 bridgehead atoms.